The Morgan fingerprint density at radius 3 is 2.67 bits per heavy atom. The SMILES string of the molecule is Cc1ccc(C(CN)NCCO)c(C)c1. The minimum atomic E-state index is 0.137. The molecule has 0 heterocycles. The molecule has 84 valence electrons. The molecule has 1 unspecified atom stereocenters. The molecule has 0 saturated heterocycles. The molecule has 0 amide bonds. The van der Waals surface area contributed by atoms with E-state index in [1.54, 1.807) is 0 Å². The maximum absolute atomic E-state index is 8.77. The molecule has 0 spiro atoms. The fourth-order valence-electron chi connectivity index (χ4n) is 1.78. The fraction of sp³-hybridized carbons (Fsp3) is 0.500. The van der Waals surface area contributed by atoms with Crippen LogP contribution >= 0.6 is 0 Å². The topological polar surface area (TPSA) is 58.3 Å². The molecule has 0 aliphatic carbocycles. The zero-order valence-electron chi connectivity index (χ0n) is 9.46. The van der Waals surface area contributed by atoms with Crippen LogP contribution in [0.4, 0.5) is 0 Å². The predicted octanol–water partition coefficient (Wildman–Crippen LogP) is 0.885. The zero-order valence-corrected chi connectivity index (χ0v) is 9.46. The summed E-state index contributed by atoms with van der Waals surface area (Å²) in [5.41, 5.74) is 9.43. The van der Waals surface area contributed by atoms with Gasteiger partial charge < -0.3 is 16.2 Å². The summed E-state index contributed by atoms with van der Waals surface area (Å²) >= 11 is 0. The lowest BCUT2D eigenvalue weighted by Crippen LogP contribution is -2.30. The maximum atomic E-state index is 8.77. The molecule has 0 bridgehead atoms. The van der Waals surface area contributed by atoms with Crippen LogP contribution in [-0.2, 0) is 0 Å². The molecule has 15 heavy (non-hydrogen) atoms. The number of benzene rings is 1. The third-order valence-corrected chi connectivity index (χ3v) is 2.54. The highest BCUT2D eigenvalue weighted by atomic mass is 16.3. The summed E-state index contributed by atoms with van der Waals surface area (Å²) in [6.45, 7) is 5.43. The van der Waals surface area contributed by atoms with Crippen LogP contribution in [0, 0.1) is 13.8 Å². The average Bonchev–Trinajstić information content (AvgIpc) is 2.21. The van der Waals surface area contributed by atoms with E-state index in [9.17, 15) is 0 Å². The van der Waals surface area contributed by atoms with E-state index < -0.39 is 0 Å². The number of aliphatic hydroxyl groups is 1. The third kappa shape index (κ3) is 3.30. The molecular weight excluding hydrogens is 188 g/mol. The highest BCUT2D eigenvalue weighted by Crippen LogP contribution is 2.17. The first-order valence-electron chi connectivity index (χ1n) is 5.30. The molecule has 3 heteroatoms. The van der Waals surface area contributed by atoms with Crippen LogP contribution in [0.5, 0.6) is 0 Å². The second kappa shape index (κ2) is 5.85. The molecule has 1 aromatic carbocycles. The molecule has 4 N–H and O–H groups in total. The van der Waals surface area contributed by atoms with Crippen molar-refractivity contribution in [2.24, 2.45) is 5.73 Å². The third-order valence-electron chi connectivity index (χ3n) is 2.54. The van der Waals surface area contributed by atoms with Crippen molar-refractivity contribution in [3.63, 3.8) is 0 Å². The maximum Gasteiger partial charge on any atom is 0.0556 e. The van der Waals surface area contributed by atoms with Gasteiger partial charge >= 0.3 is 0 Å². The van der Waals surface area contributed by atoms with E-state index >= 15 is 0 Å². The number of nitrogens with two attached hydrogens (primary N) is 1. The number of aryl methyl sites for hydroxylation is 2. The van der Waals surface area contributed by atoms with Crippen molar-refractivity contribution < 1.29 is 5.11 Å². The first-order chi connectivity index (χ1) is 7.19. The summed E-state index contributed by atoms with van der Waals surface area (Å²) in [6, 6.07) is 6.48. The minimum Gasteiger partial charge on any atom is -0.395 e. The first-order valence-corrected chi connectivity index (χ1v) is 5.30. The standard InChI is InChI=1S/C12H20N2O/c1-9-3-4-11(10(2)7-9)12(8-13)14-5-6-15/h3-4,7,12,14-15H,5-6,8,13H2,1-2H3. The van der Waals surface area contributed by atoms with Gasteiger partial charge in [0, 0.05) is 19.1 Å². The summed E-state index contributed by atoms with van der Waals surface area (Å²) in [7, 11) is 0. The Morgan fingerprint density at radius 1 is 1.40 bits per heavy atom. The van der Waals surface area contributed by atoms with Gasteiger partial charge in [-0.15, -0.1) is 0 Å². The Bertz CT molecular complexity index is 312. The van der Waals surface area contributed by atoms with Crippen LogP contribution in [0.15, 0.2) is 18.2 Å². The van der Waals surface area contributed by atoms with E-state index in [0.29, 0.717) is 13.1 Å². The van der Waals surface area contributed by atoms with Crippen LogP contribution in [0.1, 0.15) is 22.7 Å². The molecule has 0 radical (unpaired) electrons. The van der Waals surface area contributed by atoms with Gasteiger partial charge in [-0.05, 0) is 25.0 Å². The van der Waals surface area contributed by atoms with Crippen molar-refractivity contribution in [1.29, 1.82) is 0 Å². The second-order valence-corrected chi connectivity index (χ2v) is 3.83. The number of nitrogens with one attached hydrogen (secondary N) is 1. The number of aliphatic hydroxyl groups excluding tert-OH is 1. The monoisotopic (exact) mass is 208 g/mol. The van der Waals surface area contributed by atoms with Gasteiger partial charge in [0.1, 0.15) is 0 Å². The molecule has 0 aromatic heterocycles. The van der Waals surface area contributed by atoms with Gasteiger partial charge in [-0.3, -0.25) is 0 Å². The second-order valence-electron chi connectivity index (χ2n) is 3.83. The summed E-state index contributed by atoms with van der Waals surface area (Å²) in [5.74, 6) is 0. The molecule has 0 saturated carbocycles. The number of hydrogen-bond acceptors (Lipinski definition) is 3. The highest BCUT2D eigenvalue weighted by molar-refractivity contribution is 5.33. The Hall–Kier alpha value is -0.900. The molecule has 0 fully saturated rings. The van der Waals surface area contributed by atoms with Crippen molar-refractivity contribution in [2.45, 2.75) is 19.9 Å². The first kappa shape index (κ1) is 12.2. The summed E-state index contributed by atoms with van der Waals surface area (Å²) < 4.78 is 0. The van der Waals surface area contributed by atoms with Crippen LogP contribution in [0.3, 0.4) is 0 Å². The number of hydrogen-bond donors (Lipinski definition) is 3. The van der Waals surface area contributed by atoms with Gasteiger partial charge in [-0.25, -0.2) is 0 Å². The summed E-state index contributed by atoms with van der Waals surface area (Å²) in [4.78, 5) is 0. The quantitative estimate of drug-likeness (QED) is 0.673. The minimum absolute atomic E-state index is 0.137. The number of rotatable bonds is 5. The van der Waals surface area contributed by atoms with Gasteiger partial charge in [0.05, 0.1) is 6.61 Å². The Morgan fingerprint density at radius 2 is 2.13 bits per heavy atom. The van der Waals surface area contributed by atoms with Gasteiger partial charge in [-0.1, -0.05) is 23.8 Å². The van der Waals surface area contributed by atoms with E-state index in [0.717, 1.165) is 0 Å². The van der Waals surface area contributed by atoms with Crippen molar-refractivity contribution >= 4 is 0 Å². The fourth-order valence-corrected chi connectivity index (χ4v) is 1.78. The summed E-state index contributed by atoms with van der Waals surface area (Å²) in [5, 5.41) is 12.0. The average molecular weight is 208 g/mol. The lowest BCUT2D eigenvalue weighted by Gasteiger charge is -2.19. The molecule has 1 aromatic rings. The lowest BCUT2D eigenvalue weighted by atomic mass is 9.99. The van der Waals surface area contributed by atoms with Crippen molar-refractivity contribution in [3.05, 3.63) is 34.9 Å². The van der Waals surface area contributed by atoms with Crippen LogP contribution < -0.4 is 11.1 Å². The molecule has 1 atom stereocenters. The Kier molecular flexibility index (Phi) is 4.75. The van der Waals surface area contributed by atoms with E-state index in [4.69, 9.17) is 10.8 Å². The van der Waals surface area contributed by atoms with Gasteiger partial charge in [0.25, 0.3) is 0 Å². The smallest absolute Gasteiger partial charge is 0.0556 e. The predicted molar refractivity (Wildman–Crippen MR) is 62.8 cm³/mol. The van der Waals surface area contributed by atoms with E-state index in [1.807, 2.05) is 0 Å². The summed E-state index contributed by atoms with van der Waals surface area (Å²) in [6.07, 6.45) is 0. The van der Waals surface area contributed by atoms with Crippen LogP contribution in [0.25, 0.3) is 0 Å². The van der Waals surface area contributed by atoms with E-state index in [1.165, 1.54) is 16.7 Å². The molecule has 0 aliphatic heterocycles. The van der Waals surface area contributed by atoms with Gasteiger partial charge in [0.15, 0.2) is 0 Å². The molecule has 0 aliphatic rings. The highest BCUT2D eigenvalue weighted by Gasteiger charge is 2.10. The Balaban J connectivity index is 2.81. The van der Waals surface area contributed by atoms with Gasteiger partial charge in [0.2, 0.25) is 0 Å². The van der Waals surface area contributed by atoms with E-state index in [-0.39, 0.29) is 12.6 Å². The van der Waals surface area contributed by atoms with E-state index in [2.05, 4.69) is 37.4 Å². The molecule has 3 nitrogen and oxygen atoms in total. The van der Waals surface area contributed by atoms with Crippen molar-refractivity contribution in [1.82, 2.24) is 5.32 Å². The van der Waals surface area contributed by atoms with Crippen LogP contribution in [-0.4, -0.2) is 24.8 Å². The lowest BCUT2D eigenvalue weighted by molar-refractivity contribution is 0.285. The van der Waals surface area contributed by atoms with Crippen molar-refractivity contribution in [2.75, 3.05) is 19.7 Å². The van der Waals surface area contributed by atoms with Crippen molar-refractivity contribution in [3.8, 4) is 0 Å². The zero-order chi connectivity index (χ0) is 11.3. The largest absolute Gasteiger partial charge is 0.395 e. The molecule has 1 rings (SSSR count). The van der Waals surface area contributed by atoms with Gasteiger partial charge in [-0.2, -0.15) is 0 Å². The van der Waals surface area contributed by atoms with Crippen LogP contribution in [0.2, 0.25) is 0 Å². The Labute approximate surface area is 91.3 Å². The molecular formula is C12H20N2O. The normalized spacial score (nSPS) is 12.8.